The Morgan fingerprint density at radius 2 is 1.54 bits per heavy atom. The fourth-order valence-electron chi connectivity index (χ4n) is 4.15. The molecule has 198 valence electrons. The van der Waals surface area contributed by atoms with Crippen molar-refractivity contribution in [2.75, 3.05) is 26.6 Å². The third kappa shape index (κ3) is 5.96. The lowest BCUT2D eigenvalue weighted by Crippen LogP contribution is -2.12. The average molecular weight is 525 g/mol. The molecular weight excluding hydrogens is 496 g/mol. The molecule has 0 saturated heterocycles. The molecule has 39 heavy (non-hydrogen) atoms. The Hall–Kier alpha value is -4.98. The molecule has 0 bridgehead atoms. The van der Waals surface area contributed by atoms with Gasteiger partial charge in [-0.15, -0.1) is 0 Å². The fourth-order valence-corrected chi connectivity index (χ4v) is 4.15. The second kappa shape index (κ2) is 11.6. The zero-order valence-electron chi connectivity index (χ0n) is 21.9. The Balaban J connectivity index is 1.29. The van der Waals surface area contributed by atoms with Gasteiger partial charge in [0.25, 0.3) is 5.91 Å². The van der Waals surface area contributed by atoms with E-state index >= 15 is 0 Å². The average Bonchev–Trinajstić information content (AvgIpc) is 3.39. The van der Waals surface area contributed by atoms with E-state index in [1.165, 1.54) is 7.11 Å². The first-order valence-corrected chi connectivity index (χ1v) is 12.3. The molecule has 0 aliphatic rings. The molecule has 0 radical (unpaired) electrons. The quantitative estimate of drug-likeness (QED) is 0.230. The summed E-state index contributed by atoms with van der Waals surface area (Å²) in [5.41, 5.74) is 4.06. The molecule has 1 amide bonds. The Kier molecular flexibility index (Phi) is 7.63. The van der Waals surface area contributed by atoms with Gasteiger partial charge in [0.2, 0.25) is 0 Å². The van der Waals surface area contributed by atoms with Gasteiger partial charge in [-0.2, -0.15) is 0 Å². The van der Waals surface area contributed by atoms with Crippen LogP contribution in [0.5, 0.6) is 23.0 Å². The number of nitrogens with zero attached hydrogens (tertiary/aromatic N) is 1. The monoisotopic (exact) mass is 524 g/mol. The molecule has 1 heterocycles. The first-order valence-electron chi connectivity index (χ1n) is 12.3. The summed E-state index contributed by atoms with van der Waals surface area (Å²) in [6.45, 7) is 0.470. The molecule has 0 aliphatic carbocycles. The summed E-state index contributed by atoms with van der Waals surface area (Å²) in [6, 6.07) is 26.1. The molecule has 8 heteroatoms. The van der Waals surface area contributed by atoms with Crippen molar-refractivity contribution in [2.24, 2.45) is 0 Å². The Morgan fingerprint density at radius 1 is 0.795 bits per heavy atom. The molecule has 1 aromatic heterocycles. The number of benzene rings is 4. The number of aromatic nitrogens is 1. The van der Waals surface area contributed by atoms with Crippen LogP contribution in [0, 0.1) is 0 Å². The Morgan fingerprint density at radius 3 is 2.26 bits per heavy atom. The Labute approximate surface area is 226 Å². The van der Waals surface area contributed by atoms with E-state index in [0.717, 1.165) is 11.1 Å². The van der Waals surface area contributed by atoms with Gasteiger partial charge in [-0.05, 0) is 59.7 Å². The maximum absolute atomic E-state index is 13.1. The van der Waals surface area contributed by atoms with E-state index in [2.05, 4.69) is 10.3 Å². The molecule has 0 fully saturated rings. The van der Waals surface area contributed by atoms with E-state index < -0.39 is 0 Å². The van der Waals surface area contributed by atoms with Crippen molar-refractivity contribution in [2.45, 2.75) is 13.0 Å². The molecule has 0 unspecified atom stereocenters. The lowest BCUT2D eigenvalue weighted by molar-refractivity contribution is 0.102. The van der Waals surface area contributed by atoms with Crippen LogP contribution in [0.2, 0.25) is 0 Å². The summed E-state index contributed by atoms with van der Waals surface area (Å²) in [4.78, 5) is 17.7. The molecular formula is C31H28N2O6. The van der Waals surface area contributed by atoms with Gasteiger partial charge in [-0.3, -0.25) is 4.79 Å². The number of carbonyl (C=O) groups excluding carboxylic acids is 1. The number of oxazole rings is 1. The molecule has 0 saturated carbocycles. The van der Waals surface area contributed by atoms with Gasteiger partial charge >= 0.3 is 0 Å². The van der Waals surface area contributed by atoms with Gasteiger partial charge in [0.1, 0.15) is 17.9 Å². The van der Waals surface area contributed by atoms with Gasteiger partial charge in [-0.25, -0.2) is 4.98 Å². The van der Waals surface area contributed by atoms with Crippen LogP contribution < -0.4 is 24.3 Å². The third-order valence-electron chi connectivity index (χ3n) is 6.15. The Bertz CT molecular complexity index is 1580. The van der Waals surface area contributed by atoms with Crippen LogP contribution in [0.3, 0.4) is 0 Å². The van der Waals surface area contributed by atoms with E-state index in [1.807, 2.05) is 60.7 Å². The highest BCUT2D eigenvalue weighted by molar-refractivity contribution is 6.06. The minimum atomic E-state index is -0.294. The van der Waals surface area contributed by atoms with Crippen molar-refractivity contribution in [3.8, 4) is 23.0 Å². The second-order valence-corrected chi connectivity index (χ2v) is 8.75. The zero-order valence-corrected chi connectivity index (χ0v) is 21.9. The minimum Gasteiger partial charge on any atom is -0.493 e. The maximum Gasteiger partial charge on any atom is 0.255 e. The number of hydrogen-bond donors (Lipinski definition) is 1. The lowest BCUT2D eigenvalue weighted by Gasteiger charge is -2.09. The number of carbonyl (C=O) groups is 1. The van der Waals surface area contributed by atoms with Crippen molar-refractivity contribution in [3.63, 3.8) is 0 Å². The van der Waals surface area contributed by atoms with E-state index in [4.69, 9.17) is 23.4 Å². The van der Waals surface area contributed by atoms with Crippen LogP contribution >= 0.6 is 0 Å². The van der Waals surface area contributed by atoms with Crippen LogP contribution in [0.1, 0.15) is 27.4 Å². The molecule has 0 spiro atoms. The highest BCUT2D eigenvalue weighted by atomic mass is 16.5. The van der Waals surface area contributed by atoms with Gasteiger partial charge in [0, 0.05) is 17.7 Å². The van der Waals surface area contributed by atoms with Gasteiger partial charge in [-0.1, -0.05) is 36.4 Å². The summed E-state index contributed by atoms with van der Waals surface area (Å²) < 4.78 is 28.0. The molecule has 8 nitrogen and oxygen atoms in total. The van der Waals surface area contributed by atoms with E-state index in [1.54, 1.807) is 38.5 Å². The predicted octanol–water partition coefficient (Wildman–Crippen LogP) is 6.28. The van der Waals surface area contributed by atoms with Gasteiger partial charge in [0.05, 0.1) is 21.3 Å². The van der Waals surface area contributed by atoms with Crippen LogP contribution in [0.25, 0.3) is 11.1 Å². The van der Waals surface area contributed by atoms with Crippen molar-refractivity contribution in [1.82, 2.24) is 4.98 Å². The van der Waals surface area contributed by atoms with Crippen molar-refractivity contribution in [1.29, 1.82) is 0 Å². The number of rotatable bonds is 10. The predicted molar refractivity (Wildman–Crippen MR) is 148 cm³/mol. The summed E-state index contributed by atoms with van der Waals surface area (Å²) in [7, 11) is 4.71. The van der Waals surface area contributed by atoms with Crippen LogP contribution in [-0.2, 0) is 13.0 Å². The number of fused-ring (bicyclic) bond motifs is 1. The number of amides is 1. The molecule has 5 aromatic rings. The number of ether oxygens (including phenoxy) is 4. The first kappa shape index (κ1) is 25.7. The van der Waals surface area contributed by atoms with Crippen molar-refractivity contribution in [3.05, 3.63) is 108 Å². The fraction of sp³-hybridized carbons (Fsp3) is 0.161. The number of hydrogen-bond acceptors (Lipinski definition) is 7. The third-order valence-corrected chi connectivity index (χ3v) is 6.15. The molecule has 0 atom stereocenters. The highest BCUT2D eigenvalue weighted by Crippen LogP contribution is 2.32. The smallest absolute Gasteiger partial charge is 0.255 e. The van der Waals surface area contributed by atoms with Crippen molar-refractivity contribution < 1.29 is 28.2 Å². The van der Waals surface area contributed by atoms with E-state index in [9.17, 15) is 4.79 Å². The minimum absolute atomic E-state index is 0.294. The lowest BCUT2D eigenvalue weighted by atomic mass is 10.1. The standard InChI is InChI=1S/C31H28N2O6/c1-35-26-14-9-21(15-27(26)36-2)16-29-33-25-17-22(18-28(37-3)30(25)39-29)31(34)32-23-10-12-24(13-11-23)38-19-20-7-5-4-6-8-20/h4-15,17-18H,16,19H2,1-3H3,(H,32,34). The van der Waals surface area contributed by atoms with E-state index in [0.29, 0.717) is 64.3 Å². The van der Waals surface area contributed by atoms with Crippen LogP contribution in [0.4, 0.5) is 5.69 Å². The SMILES string of the molecule is COc1ccc(Cc2nc3cc(C(=O)Nc4ccc(OCc5ccccc5)cc4)cc(OC)c3o2)cc1OC. The van der Waals surface area contributed by atoms with E-state index in [-0.39, 0.29) is 5.91 Å². The van der Waals surface area contributed by atoms with Crippen LogP contribution in [0.15, 0.2) is 89.3 Å². The second-order valence-electron chi connectivity index (χ2n) is 8.75. The highest BCUT2D eigenvalue weighted by Gasteiger charge is 2.17. The summed E-state index contributed by atoms with van der Waals surface area (Å²) >= 11 is 0. The molecule has 0 aliphatic heterocycles. The summed E-state index contributed by atoms with van der Waals surface area (Å²) in [5, 5.41) is 2.91. The number of nitrogens with one attached hydrogen (secondary N) is 1. The first-order chi connectivity index (χ1) is 19.1. The van der Waals surface area contributed by atoms with Crippen molar-refractivity contribution >= 4 is 22.7 Å². The molecule has 1 N–H and O–H groups in total. The largest absolute Gasteiger partial charge is 0.493 e. The normalized spacial score (nSPS) is 10.7. The van der Waals surface area contributed by atoms with Gasteiger partial charge < -0.3 is 28.7 Å². The summed E-state index contributed by atoms with van der Waals surface area (Å²) in [6.07, 6.45) is 0.429. The summed E-state index contributed by atoms with van der Waals surface area (Å²) in [5.74, 6) is 2.60. The zero-order chi connectivity index (χ0) is 27.2. The van der Waals surface area contributed by atoms with Gasteiger partial charge in [0.15, 0.2) is 28.7 Å². The van der Waals surface area contributed by atoms with Crippen LogP contribution in [-0.4, -0.2) is 32.2 Å². The molecule has 4 aromatic carbocycles. The molecule has 5 rings (SSSR count). The topological polar surface area (TPSA) is 92.1 Å². The number of anilines is 1. The number of methoxy groups -OCH3 is 3. The maximum atomic E-state index is 13.1.